The van der Waals surface area contributed by atoms with Crippen molar-refractivity contribution < 1.29 is 19.4 Å². The molecule has 1 aliphatic rings. The Morgan fingerprint density at radius 1 is 1.32 bits per heavy atom. The van der Waals surface area contributed by atoms with E-state index in [4.69, 9.17) is 9.84 Å². The number of methoxy groups -OCH3 is 1. The van der Waals surface area contributed by atoms with Gasteiger partial charge in [-0.15, -0.1) is 0 Å². The molecule has 1 rings (SSSR count). The highest BCUT2D eigenvalue weighted by molar-refractivity contribution is 5.77. The van der Waals surface area contributed by atoms with E-state index >= 15 is 0 Å². The molecule has 0 spiro atoms. The fourth-order valence-electron chi connectivity index (χ4n) is 1.72. The second kappa shape index (κ2) is 6.23. The number of carboxylic acid groups (broad SMARTS) is 1. The van der Waals surface area contributed by atoms with Crippen molar-refractivity contribution in [2.75, 3.05) is 26.8 Å². The number of hydrogen-bond donors (Lipinski definition) is 3. The van der Waals surface area contributed by atoms with Crippen molar-refractivity contribution in [2.24, 2.45) is 10.8 Å². The number of carbonyl (C=O) groups excluding carboxylic acids is 1. The Hall–Kier alpha value is -1.30. The summed E-state index contributed by atoms with van der Waals surface area (Å²) in [5, 5.41) is 14.3. The fraction of sp³-hybridized carbons (Fsp3) is 0.846. The Balaban J connectivity index is 2.23. The molecule has 6 heteroatoms. The molecule has 0 aromatic rings. The van der Waals surface area contributed by atoms with Gasteiger partial charge in [-0.05, 0) is 38.5 Å². The molecule has 0 unspecified atom stereocenters. The van der Waals surface area contributed by atoms with Crippen molar-refractivity contribution in [2.45, 2.75) is 33.1 Å². The molecule has 1 saturated carbocycles. The van der Waals surface area contributed by atoms with Gasteiger partial charge in [-0.1, -0.05) is 0 Å². The molecule has 0 aliphatic heterocycles. The third kappa shape index (κ3) is 5.06. The molecule has 0 saturated heterocycles. The van der Waals surface area contributed by atoms with E-state index in [-0.39, 0.29) is 18.0 Å². The number of carboxylic acids is 1. The molecular weight excluding hydrogens is 248 g/mol. The molecule has 110 valence electrons. The predicted molar refractivity (Wildman–Crippen MR) is 71.0 cm³/mol. The van der Waals surface area contributed by atoms with Gasteiger partial charge >= 0.3 is 12.0 Å². The van der Waals surface area contributed by atoms with Crippen molar-refractivity contribution >= 4 is 12.0 Å². The summed E-state index contributed by atoms with van der Waals surface area (Å²) in [5.41, 5.74) is -0.764. The van der Waals surface area contributed by atoms with Crippen LogP contribution < -0.4 is 10.6 Å². The van der Waals surface area contributed by atoms with Crippen LogP contribution in [0.5, 0.6) is 0 Å². The first kappa shape index (κ1) is 15.8. The van der Waals surface area contributed by atoms with Crippen LogP contribution in [0, 0.1) is 10.8 Å². The van der Waals surface area contributed by atoms with E-state index in [1.807, 2.05) is 0 Å². The van der Waals surface area contributed by atoms with Crippen LogP contribution in [0.2, 0.25) is 0 Å². The van der Waals surface area contributed by atoms with E-state index in [1.54, 1.807) is 21.0 Å². The van der Waals surface area contributed by atoms with Gasteiger partial charge in [0.2, 0.25) is 0 Å². The minimum Gasteiger partial charge on any atom is -0.481 e. The Morgan fingerprint density at radius 3 is 2.42 bits per heavy atom. The second-order valence-corrected chi connectivity index (χ2v) is 5.97. The van der Waals surface area contributed by atoms with E-state index in [9.17, 15) is 9.59 Å². The highest BCUT2D eigenvalue weighted by Crippen LogP contribution is 2.48. The normalized spacial score (nSPS) is 16.8. The Labute approximate surface area is 113 Å². The summed E-state index contributed by atoms with van der Waals surface area (Å²) < 4.78 is 5.05. The molecular formula is C13H24N2O4. The SMILES string of the molecule is COCCC1(CNC(=O)NCC(C)(C)C(=O)O)CC1. The number of rotatable bonds is 8. The van der Waals surface area contributed by atoms with Gasteiger partial charge in [-0.3, -0.25) is 4.79 Å². The van der Waals surface area contributed by atoms with Crippen LogP contribution in [-0.2, 0) is 9.53 Å². The number of ether oxygens (including phenoxy) is 1. The van der Waals surface area contributed by atoms with E-state index < -0.39 is 11.4 Å². The minimum absolute atomic E-state index is 0.110. The molecule has 19 heavy (non-hydrogen) atoms. The van der Waals surface area contributed by atoms with Crippen molar-refractivity contribution in [3.63, 3.8) is 0 Å². The molecule has 1 aliphatic carbocycles. The highest BCUT2D eigenvalue weighted by atomic mass is 16.5. The standard InChI is InChI=1S/C13H24N2O4/c1-12(2,10(16)17)8-14-11(18)15-9-13(4-5-13)6-7-19-3/h4-9H2,1-3H3,(H,16,17)(H2,14,15,18). The molecule has 0 aromatic heterocycles. The number of amides is 2. The maximum atomic E-state index is 11.6. The van der Waals surface area contributed by atoms with Crippen LogP contribution in [0.25, 0.3) is 0 Å². The van der Waals surface area contributed by atoms with Crippen LogP contribution in [0.1, 0.15) is 33.1 Å². The van der Waals surface area contributed by atoms with Crippen LogP contribution in [-0.4, -0.2) is 43.9 Å². The average Bonchev–Trinajstić information content (AvgIpc) is 3.12. The fourth-order valence-corrected chi connectivity index (χ4v) is 1.72. The maximum Gasteiger partial charge on any atom is 0.314 e. The van der Waals surface area contributed by atoms with Crippen LogP contribution in [0.3, 0.4) is 0 Å². The topological polar surface area (TPSA) is 87.7 Å². The average molecular weight is 272 g/mol. The van der Waals surface area contributed by atoms with Gasteiger partial charge in [0.15, 0.2) is 0 Å². The smallest absolute Gasteiger partial charge is 0.314 e. The molecule has 0 bridgehead atoms. The van der Waals surface area contributed by atoms with Gasteiger partial charge in [-0.2, -0.15) is 0 Å². The lowest BCUT2D eigenvalue weighted by atomic mass is 9.94. The van der Waals surface area contributed by atoms with E-state index in [0.717, 1.165) is 19.3 Å². The number of nitrogens with one attached hydrogen (secondary N) is 2. The van der Waals surface area contributed by atoms with Gasteiger partial charge < -0.3 is 20.5 Å². The first-order valence-corrected chi connectivity index (χ1v) is 6.55. The molecule has 0 radical (unpaired) electrons. The number of hydrogen-bond acceptors (Lipinski definition) is 3. The van der Waals surface area contributed by atoms with Gasteiger partial charge in [0.05, 0.1) is 5.41 Å². The molecule has 1 fully saturated rings. The third-order valence-electron chi connectivity index (χ3n) is 3.69. The summed E-state index contributed by atoms with van der Waals surface area (Å²) in [6.07, 6.45) is 3.17. The van der Waals surface area contributed by atoms with E-state index in [0.29, 0.717) is 13.2 Å². The lowest BCUT2D eigenvalue weighted by molar-refractivity contribution is -0.146. The van der Waals surface area contributed by atoms with Crippen LogP contribution >= 0.6 is 0 Å². The Bertz CT molecular complexity index is 338. The number of carbonyl (C=O) groups is 2. The summed E-state index contributed by atoms with van der Waals surface area (Å²) >= 11 is 0. The zero-order valence-corrected chi connectivity index (χ0v) is 11.9. The Morgan fingerprint density at radius 2 is 1.95 bits per heavy atom. The van der Waals surface area contributed by atoms with Crippen molar-refractivity contribution in [1.29, 1.82) is 0 Å². The van der Waals surface area contributed by atoms with Crippen LogP contribution in [0.4, 0.5) is 4.79 Å². The molecule has 0 aromatic carbocycles. The quantitative estimate of drug-likeness (QED) is 0.620. The predicted octanol–water partition coefficient (Wildman–Crippen LogP) is 1.21. The largest absolute Gasteiger partial charge is 0.481 e. The number of urea groups is 1. The number of aliphatic carboxylic acids is 1. The summed E-state index contributed by atoms with van der Waals surface area (Å²) in [4.78, 5) is 22.5. The molecule has 0 atom stereocenters. The first-order chi connectivity index (χ1) is 8.81. The van der Waals surface area contributed by atoms with E-state index in [2.05, 4.69) is 10.6 Å². The van der Waals surface area contributed by atoms with Gasteiger partial charge in [0, 0.05) is 26.8 Å². The van der Waals surface area contributed by atoms with Gasteiger partial charge in [0.1, 0.15) is 0 Å². The second-order valence-electron chi connectivity index (χ2n) is 5.97. The molecule has 0 heterocycles. The lowest BCUT2D eigenvalue weighted by Crippen LogP contribution is -2.45. The maximum absolute atomic E-state index is 11.6. The zero-order chi connectivity index (χ0) is 14.5. The van der Waals surface area contributed by atoms with Crippen molar-refractivity contribution in [3.8, 4) is 0 Å². The monoisotopic (exact) mass is 272 g/mol. The minimum atomic E-state index is -0.954. The van der Waals surface area contributed by atoms with Gasteiger partial charge in [0.25, 0.3) is 0 Å². The summed E-state index contributed by atoms with van der Waals surface area (Å²) in [6.45, 7) is 4.59. The lowest BCUT2D eigenvalue weighted by Gasteiger charge is -2.21. The van der Waals surface area contributed by atoms with Crippen molar-refractivity contribution in [1.82, 2.24) is 10.6 Å². The third-order valence-corrected chi connectivity index (χ3v) is 3.69. The molecule has 6 nitrogen and oxygen atoms in total. The summed E-state index contributed by atoms with van der Waals surface area (Å²) in [5.74, 6) is -0.924. The molecule has 2 amide bonds. The zero-order valence-electron chi connectivity index (χ0n) is 11.9. The highest BCUT2D eigenvalue weighted by Gasteiger charge is 2.42. The summed E-state index contributed by atoms with van der Waals surface area (Å²) in [6, 6.07) is -0.307. The summed E-state index contributed by atoms with van der Waals surface area (Å²) in [7, 11) is 1.67. The van der Waals surface area contributed by atoms with E-state index in [1.165, 1.54) is 0 Å². The van der Waals surface area contributed by atoms with Crippen LogP contribution in [0.15, 0.2) is 0 Å². The van der Waals surface area contributed by atoms with Crippen molar-refractivity contribution in [3.05, 3.63) is 0 Å². The molecule has 3 N–H and O–H groups in total. The first-order valence-electron chi connectivity index (χ1n) is 6.55. The Kier molecular flexibility index (Phi) is 5.17. The van der Waals surface area contributed by atoms with Gasteiger partial charge in [-0.25, -0.2) is 4.79 Å².